The molecular weight excluding hydrogens is 586 g/mol. The van der Waals surface area contributed by atoms with Crippen LogP contribution in [0.3, 0.4) is 0 Å². The Balaban J connectivity index is 1.08. The van der Waals surface area contributed by atoms with Crippen LogP contribution < -0.4 is 10.1 Å². The highest BCUT2D eigenvalue weighted by Crippen LogP contribution is 2.47. The second-order valence-corrected chi connectivity index (χ2v) is 13.3. The van der Waals surface area contributed by atoms with E-state index in [4.69, 9.17) is 21.1 Å². The zero-order valence-corrected chi connectivity index (χ0v) is 25.9. The van der Waals surface area contributed by atoms with Crippen LogP contribution in [0.2, 0.25) is 5.02 Å². The van der Waals surface area contributed by atoms with Gasteiger partial charge < -0.3 is 40.1 Å². The largest absolute Gasteiger partial charge is 0.494 e. The summed E-state index contributed by atoms with van der Waals surface area (Å²) >= 11 is 6.48. The number of benzene rings is 2. The molecule has 2 heterocycles. The molecule has 44 heavy (non-hydrogen) atoms. The summed E-state index contributed by atoms with van der Waals surface area (Å²) in [4.78, 5) is 14.5. The van der Waals surface area contributed by atoms with E-state index in [0.717, 1.165) is 42.6 Å². The summed E-state index contributed by atoms with van der Waals surface area (Å²) in [5, 5.41) is 53.6. The van der Waals surface area contributed by atoms with Gasteiger partial charge in [0.15, 0.2) is 0 Å². The fourth-order valence-corrected chi connectivity index (χ4v) is 6.52. The van der Waals surface area contributed by atoms with Crippen molar-refractivity contribution in [3.8, 4) is 11.8 Å². The third-order valence-electron chi connectivity index (χ3n) is 9.08. The molecule has 2 aliphatic heterocycles. The Morgan fingerprint density at radius 2 is 1.89 bits per heavy atom. The lowest BCUT2D eigenvalue weighted by molar-refractivity contribution is -0.231. The van der Waals surface area contributed by atoms with Crippen LogP contribution >= 0.6 is 11.6 Å². The lowest BCUT2D eigenvalue weighted by Crippen LogP contribution is -2.55. The highest BCUT2D eigenvalue weighted by molar-refractivity contribution is 6.31. The number of fused-ring (bicyclic) bond motifs is 1. The summed E-state index contributed by atoms with van der Waals surface area (Å²) in [6, 6.07) is 15.2. The van der Waals surface area contributed by atoms with Crippen molar-refractivity contribution < 1.29 is 34.7 Å². The van der Waals surface area contributed by atoms with Crippen LogP contribution in [0, 0.1) is 17.2 Å². The van der Waals surface area contributed by atoms with Crippen LogP contribution in [-0.2, 0) is 16.0 Å². The van der Waals surface area contributed by atoms with E-state index < -0.39 is 37.1 Å². The number of carbonyl (C=O) groups excluding carboxylic acids is 1. The second-order valence-electron chi connectivity index (χ2n) is 12.9. The average molecular weight is 628 g/mol. The van der Waals surface area contributed by atoms with Crippen molar-refractivity contribution in [3.63, 3.8) is 0 Å². The van der Waals surface area contributed by atoms with E-state index in [0.29, 0.717) is 29.5 Å². The van der Waals surface area contributed by atoms with Gasteiger partial charge in [0.1, 0.15) is 42.3 Å². The van der Waals surface area contributed by atoms with Crippen molar-refractivity contribution in [2.24, 2.45) is 5.92 Å². The number of hydrogen-bond acceptors (Lipinski definition) is 9. The zero-order chi connectivity index (χ0) is 31.6. The number of amides is 1. The van der Waals surface area contributed by atoms with Crippen LogP contribution in [-0.4, -0.2) is 93.0 Å². The van der Waals surface area contributed by atoms with Crippen LogP contribution in [0.4, 0.5) is 0 Å². The molecule has 0 spiro atoms. The molecule has 8 atom stereocenters. The standard InChI is InChI=1S/C33H42ClN3O7/c1-33(2,36-17-28(39)37-23(16-35)14-22-15-26(22)37)10-3-11-43-24-7-4-19(5-8-24)12-21-13-20(6-9-25(21)34)32-31(42)30(41)29(40)27(18-38)44-32/h4-9,13,22-23,26-27,29-32,36,38,40-42H,3,10-12,14-15,17-18H2,1-2H3/t22-,23+,26+,27-,29-,30+,31-,32+/m1/s1. The Bertz CT molecular complexity index is 1350. The zero-order valence-electron chi connectivity index (χ0n) is 25.1. The molecule has 2 aromatic carbocycles. The van der Waals surface area contributed by atoms with E-state index >= 15 is 0 Å². The number of piperidine rings is 1. The number of hydrogen-bond donors (Lipinski definition) is 5. The summed E-state index contributed by atoms with van der Waals surface area (Å²) in [7, 11) is 0. The Morgan fingerprint density at radius 3 is 2.59 bits per heavy atom. The number of nitrogens with one attached hydrogen (secondary N) is 1. The van der Waals surface area contributed by atoms with Gasteiger partial charge in [-0.25, -0.2) is 0 Å². The number of rotatable bonds is 12. The maximum atomic E-state index is 12.8. The molecule has 0 radical (unpaired) electrons. The number of aliphatic hydroxyl groups excluding tert-OH is 4. The molecule has 238 valence electrons. The summed E-state index contributed by atoms with van der Waals surface area (Å²) in [6.45, 7) is 4.40. The van der Waals surface area contributed by atoms with Gasteiger partial charge in [-0.15, -0.1) is 0 Å². The molecule has 5 N–H and O–H groups in total. The summed E-state index contributed by atoms with van der Waals surface area (Å²) < 4.78 is 11.7. The Hall–Kier alpha value is -2.75. The Kier molecular flexibility index (Phi) is 10.2. The molecule has 0 bridgehead atoms. The number of nitriles is 1. The maximum absolute atomic E-state index is 12.8. The van der Waals surface area contributed by atoms with Crippen molar-refractivity contribution in [1.29, 1.82) is 5.26 Å². The van der Waals surface area contributed by atoms with Crippen LogP contribution in [0.25, 0.3) is 0 Å². The van der Waals surface area contributed by atoms with Gasteiger partial charge in [-0.3, -0.25) is 4.79 Å². The predicted molar refractivity (Wildman–Crippen MR) is 163 cm³/mol. The molecule has 0 unspecified atom stereocenters. The number of likely N-dealkylation sites (tertiary alicyclic amines) is 1. The molecule has 1 amide bonds. The highest BCUT2D eigenvalue weighted by Gasteiger charge is 2.54. The van der Waals surface area contributed by atoms with Crippen LogP contribution in [0.5, 0.6) is 5.75 Å². The monoisotopic (exact) mass is 627 g/mol. The molecule has 10 nitrogen and oxygen atoms in total. The third-order valence-corrected chi connectivity index (χ3v) is 9.45. The minimum atomic E-state index is -1.45. The van der Waals surface area contributed by atoms with Gasteiger partial charge in [-0.1, -0.05) is 35.9 Å². The molecule has 3 aliphatic rings. The molecule has 2 aromatic rings. The van der Waals surface area contributed by atoms with Gasteiger partial charge in [-0.05, 0) is 86.8 Å². The Morgan fingerprint density at radius 1 is 1.14 bits per heavy atom. The first-order valence-electron chi connectivity index (χ1n) is 15.3. The highest BCUT2D eigenvalue weighted by atomic mass is 35.5. The fourth-order valence-electron chi connectivity index (χ4n) is 6.34. The van der Waals surface area contributed by atoms with E-state index in [9.17, 15) is 30.5 Å². The van der Waals surface area contributed by atoms with E-state index in [1.54, 1.807) is 23.1 Å². The first-order valence-corrected chi connectivity index (χ1v) is 15.7. The molecule has 1 saturated carbocycles. The fraction of sp³-hybridized carbons (Fsp3) is 0.576. The van der Waals surface area contributed by atoms with Crippen molar-refractivity contribution >= 4 is 17.5 Å². The number of carbonyl (C=O) groups is 1. The van der Waals surface area contributed by atoms with Gasteiger partial charge in [-0.2, -0.15) is 5.26 Å². The molecule has 2 saturated heterocycles. The quantitative estimate of drug-likeness (QED) is 0.223. The molecule has 0 aromatic heterocycles. The molecular formula is C33H42ClN3O7. The SMILES string of the molecule is CC(C)(CCCOc1ccc(Cc2cc([C@@H]3O[C@H](CO)[C@@H](O)[C@H](O)[C@H]3O)ccc2Cl)cc1)NCC(=O)N1[C@H](C#N)C[C@@H]2C[C@@H]21. The molecule has 11 heteroatoms. The van der Waals surface area contributed by atoms with Crippen molar-refractivity contribution in [3.05, 3.63) is 64.2 Å². The van der Waals surface area contributed by atoms with Gasteiger partial charge in [0.05, 0.1) is 25.8 Å². The number of nitrogens with zero attached hydrogens (tertiary/aromatic N) is 2. The topological polar surface area (TPSA) is 156 Å². The third kappa shape index (κ3) is 7.37. The molecule has 3 fully saturated rings. The predicted octanol–water partition coefficient (Wildman–Crippen LogP) is 2.49. The smallest absolute Gasteiger partial charge is 0.237 e. The van der Waals surface area contributed by atoms with Crippen molar-refractivity contribution in [2.45, 2.75) is 94.1 Å². The van der Waals surface area contributed by atoms with Gasteiger partial charge in [0.25, 0.3) is 0 Å². The van der Waals surface area contributed by atoms with E-state index in [-0.39, 0.29) is 30.1 Å². The maximum Gasteiger partial charge on any atom is 0.237 e. The molecule has 1 aliphatic carbocycles. The summed E-state index contributed by atoms with van der Waals surface area (Å²) in [6.07, 6.45) is -2.18. The number of ether oxygens (including phenoxy) is 2. The molecule has 5 rings (SSSR count). The van der Waals surface area contributed by atoms with E-state index in [1.165, 1.54) is 0 Å². The van der Waals surface area contributed by atoms with Crippen LogP contribution in [0.1, 0.15) is 62.3 Å². The Labute approximate surface area is 263 Å². The lowest BCUT2D eigenvalue weighted by atomic mass is 9.90. The number of halogens is 1. The summed E-state index contributed by atoms with van der Waals surface area (Å²) in [5.41, 5.74) is 2.13. The van der Waals surface area contributed by atoms with Gasteiger partial charge in [0.2, 0.25) is 5.91 Å². The summed E-state index contributed by atoms with van der Waals surface area (Å²) in [5.74, 6) is 1.26. The van der Waals surface area contributed by atoms with Crippen molar-refractivity contribution in [1.82, 2.24) is 10.2 Å². The average Bonchev–Trinajstić information content (AvgIpc) is 3.68. The first kappa shape index (κ1) is 32.6. The van der Waals surface area contributed by atoms with E-state index in [1.807, 2.05) is 24.3 Å². The van der Waals surface area contributed by atoms with Crippen LogP contribution in [0.15, 0.2) is 42.5 Å². The van der Waals surface area contributed by atoms with E-state index in [2.05, 4.69) is 25.2 Å². The number of aliphatic hydroxyl groups is 4. The lowest BCUT2D eigenvalue weighted by Gasteiger charge is -2.40. The van der Waals surface area contributed by atoms with Gasteiger partial charge in [0, 0.05) is 16.6 Å². The normalized spacial score (nSPS) is 29.6. The minimum absolute atomic E-state index is 0.00728. The minimum Gasteiger partial charge on any atom is -0.494 e. The first-order chi connectivity index (χ1) is 21.0. The second kappa shape index (κ2) is 13.7. The van der Waals surface area contributed by atoms with Gasteiger partial charge >= 0.3 is 0 Å². The van der Waals surface area contributed by atoms with Crippen molar-refractivity contribution in [2.75, 3.05) is 19.8 Å².